The minimum absolute atomic E-state index is 0. The van der Waals surface area contributed by atoms with Crippen molar-refractivity contribution in [2.75, 3.05) is 56.7 Å². The Balaban J connectivity index is -0.00000160. The Morgan fingerprint density at radius 1 is 0.361 bits per heavy atom. The van der Waals surface area contributed by atoms with Crippen LogP contribution in [0.3, 0.4) is 0 Å². The fourth-order valence-electron chi connectivity index (χ4n) is 8.92. The number of fused-ring (bicyclic) bond motifs is 3. The molecule has 0 atom stereocenters. The van der Waals surface area contributed by atoms with Crippen molar-refractivity contribution >= 4 is 186 Å². The van der Waals surface area contributed by atoms with Gasteiger partial charge in [-0.1, -0.05) is 80.8 Å². The van der Waals surface area contributed by atoms with Crippen LogP contribution in [0.4, 0.5) is 88.3 Å². The van der Waals surface area contributed by atoms with Crippen LogP contribution in [0, 0.1) is 0 Å². The molecular formula is C72H76N16Na4O24S6-2. The van der Waals surface area contributed by atoms with Crippen LogP contribution in [0.5, 0.6) is 11.5 Å². The van der Waals surface area contributed by atoms with Crippen molar-refractivity contribution in [3.05, 3.63) is 212 Å². The van der Waals surface area contributed by atoms with E-state index in [9.17, 15) is 84.2 Å². The van der Waals surface area contributed by atoms with Crippen molar-refractivity contribution in [3.63, 3.8) is 0 Å². The van der Waals surface area contributed by atoms with Gasteiger partial charge in [0.1, 0.15) is 37.4 Å². The number of azo groups is 5. The average molecular weight is 1830 g/mol. The first kappa shape index (κ1) is 117. The second-order valence-electron chi connectivity index (χ2n) is 22.1. The number of benzene rings is 11. The van der Waals surface area contributed by atoms with E-state index in [1.807, 2.05) is 111 Å². The molecule has 13 N–H and O–H groups in total. The molecule has 0 aliphatic heterocycles. The van der Waals surface area contributed by atoms with Crippen LogP contribution >= 0.6 is 0 Å². The summed E-state index contributed by atoms with van der Waals surface area (Å²) in [6, 6.07) is 54.9. The second-order valence-corrected chi connectivity index (χ2v) is 29.5. The fraction of sp³-hybridized carbons (Fsp3) is 0.125. The van der Waals surface area contributed by atoms with Crippen LogP contribution < -0.4 is 150 Å². The van der Waals surface area contributed by atoms with E-state index < -0.39 is 100 Å². The van der Waals surface area contributed by atoms with Crippen molar-refractivity contribution in [1.82, 2.24) is 16.0 Å². The second kappa shape index (κ2) is 56.7. The van der Waals surface area contributed by atoms with Gasteiger partial charge in [0.15, 0.2) is 5.75 Å². The number of aliphatic hydroxyl groups is 1. The summed E-state index contributed by atoms with van der Waals surface area (Å²) in [5.41, 5.74) is 3.89. The van der Waals surface area contributed by atoms with E-state index in [0.717, 1.165) is 76.7 Å². The molecule has 11 aromatic carbocycles. The number of phenols is 2. The Morgan fingerprint density at radius 3 is 1.05 bits per heavy atom. The van der Waals surface area contributed by atoms with E-state index in [2.05, 4.69) is 83.0 Å². The number of nitrogens with one attached hydrogen (secondary N) is 6. The zero-order valence-corrected chi connectivity index (χ0v) is 79.1. The number of hydrogen-bond acceptors (Lipinski definition) is 34. The molecule has 0 saturated carbocycles. The van der Waals surface area contributed by atoms with E-state index >= 15 is 0 Å². The Bertz CT molecular complexity index is 6080. The monoisotopic (exact) mass is 1830 g/mol. The SMILES string of the molecule is C.CC.CNC(=O)Nc1ccc2c(O)c(N=Nc3ccc(N=Nc4ccc(S(=O)(=O)[O-])cc4)cc3[S-](=O)=O)c(S(=O)(=O)[O-])cc2c1.CNC(=O)Nc1ccc2c(O)c(N=Nc3ccccc3)c([S-](=O)=O)cc2c1.CNC(=O)Nc1ccc2cc(N=Nc3ccc(N=Nc4ccccc4)cc3)ccc2c1.CO.CS(=O)(=O)O.CS(=O)(=O)O.[Na+].[Na+].[Na+].[Na+].[OH-].[OH-]. The van der Waals surface area contributed by atoms with Crippen molar-refractivity contribution < 1.29 is 228 Å². The maximum absolute atomic E-state index is 12.0. The molecule has 0 heterocycles. The minimum Gasteiger partial charge on any atom is -0.870 e. The van der Waals surface area contributed by atoms with Crippen LogP contribution in [0.25, 0.3) is 32.3 Å². The first-order valence-electron chi connectivity index (χ1n) is 32.4. The number of nitrogens with zero attached hydrogens (tertiary/aromatic N) is 10. The van der Waals surface area contributed by atoms with Crippen LogP contribution in [-0.4, -0.2) is 137 Å². The normalized spacial score (nSPS) is 10.7. The standard InChI is InChI=1S/C24H19N6O10S3.C24H20N6O.C18H15N4O4S.C2H6.2CH4O3S.CH4O.CH4.4Na.2H2O/c1-25-24(32)26-15-4-8-18-13(10-15)11-21(43(38,39)40)22(23(18)31)30-29-19-9-5-16(12-20(19)41(33)34)28-27-14-2-6-17(7-3-14)42(35,36)37;1-25-24(31)26-22-9-7-18-16-23(10-8-17(18)15-22)30-29-21-13-11-20(12-14-21)28-27-19-5-3-2-4-6-19;1-19-18(24)20-13-7-8-14-11(9-13)10-15(27(25)26)16(17(14)23)22-21-12-5-3-2-4-6-12;1-2;2*1-5(2,3)4;1-2;;;;;;;/h2-12,31H,1H3,(H2,25,26,32)(H,35,36,37)(H,38,39,40);2-16H,1H3,(H2,25,26,31);2-10,23H,1H3,(H2,19,20,24);1-2H3;2*1H3,(H,2,3,4);2H,1H3;1H4;;;;;2*1H2/q-1;;-1;;;;;;4*+1;;/p-4. The zero-order valence-electron chi connectivity index (χ0n) is 66.2. The molecule has 630 valence electrons. The molecule has 0 spiro atoms. The van der Waals surface area contributed by atoms with Gasteiger partial charge in [-0.3, -0.25) is 9.11 Å². The topological polar surface area (TPSA) is 659 Å². The van der Waals surface area contributed by atoms with Gasteiger partial charge in [-0.05, 0) is 206 Å². The van der Waals surface area contributed by atoms with Gasteiger partial charge in [0.2, 0.25) is 0 Å². The Labute approximate surface area is 793 Å². The van der Waals surface area contributed by atoms with Crippen molar-refractivity contribution in [1.29, 1.82) is 0 Å². The van der Waals surface area contributed by atoms with E-state index in [1.165, 1.54) is 56.6 Å². The van der Waals surface area contributed by atoms with Gasteiger partial charge >= 0.3 is 136 Å². The van der Waals surface area contributed by atoms with Gasteiger partial charge in [0.05, 0.1) is 67.8 Å². The number of amides is 6. The fourth-order valence-corrected chi connectivity index (χ4v) is 11.0. The number of anilines is 3. The molecule has 0 aliphatic carbocycles. The molecule has 50 heteroatoms. The molecule has 122 heavy (non-hydrogen) atoms. The quantitative estimate of drug-likeness (QED) is 0.0261. The summed E-state index contributed by atoms with van der Waals surface area (Å²) in [7, 11) is -17.4. The van der Waals surface area contributed by atoms with Crippen molar-refractivity contribution in [2.24, 2.45) is 51.1 Å². The summed E-state index contributed by atoms with van der Waals surface area (Å²) in [5, 5.41) is 86.5. The van der Waals surface area contributed by atoms with E-state index in [4.69, 9.17) is 14.2 Å². The summed E-state index contributed by atoms with van der Waals surface area (Å²) in [6.45, 7) is 4.00. The predicted molar refractivity (Wildman–Crippen MR) is 437 cm³/mol. The first-order valence-corrected chi connectivity index (χ1v) is 41.0. The van der Waals surface area contributed by atoms with Crippen molar-refractivity contribution in [3.8, 4) is 11.5 Å². The number of phenolic OH excluding ortho intramolecular Hbond substituents is 2. The number of carbonyl (C=O) groups is 3. The molecule has 0 unspecified atom stereocenters. The third-order valence-electron chi connectivity index (χ3n) is 13.8. The average Bonchev–Trinajstić information content (AvgIpc) is 0.764. The third kappa shape index (κ3) is 40.1. The molecule has 0 aromatic heterocycles. The number of aromatic hydroxyl groups is 2. The number of aliphatic hydroxyl groups excluding tert-OH is 1. The Hall–Kier alpha value is -8.97. The summed E-state index contributed by atoms with van der Waals surface area (Å²) in [4.78, 5) is 32.4. The molecule has 11 rings (SSSR count). The molecule has 0 bridgehead atoms. The van der Waals surface area contributed by atoms with Crippen LogP contribution in [-0.2, 0) is 78.7 Å². The van der Waals surface area contributed by atoms with E-state index in [1.54, 1.807) is 49.5 Å². The third-order valence-corrected chi connectivity index (χ3v) is 16.9. The van der Waals surface area contributed by atoms with E-state index in [0.29, 0.717) is 34.7 Å². The number of rotatable bonds is 17. The van der Waals surface area contributed by atoms with Crippen LogP contribution in [0.2, 0.25) is 0 Å². The number of carbonyl (C=O) groups excluding carboxylic acids is 3. The summed E-state index contributed by atoms with van der Waals surface area (Å²) >= 11 is 0. The summed E-state index contributed by atoms with van der Waals surface area (Å²) < 4.78 is 168. The van der Waals surface area contributed by atoms with E-state index in [-0.39, 0.29) is 192 Å². The van der Waals surface area contributed by atoms with Gasteiger partial charge in [-0.15, -0.1) is 10.2 Å². The van der Waals surface area contributed by atoms with Gasteiger partial charge in [0.25, 0.3) is 20.2 Å². The number of urea groups is 3. The van der Waals surface area contributed by atoms with Gasteiger partial charge in [-0.25, -0.2) is 31.2 Å². The molecule has 6 amide bonds. The maximum Gasteiger partial charge on any atom is 1.00 e. The maximum atomic E-state index is 12.0. The molecule has 11 aromatic rings. The largest absolute Gasteiger partial charge is 1.00 e. The summed E-state index contributed by atoms with van der Waals surface area (Å²) in [6.07, 6.45) is 1.43. The van der Waals surface area contributed by atoms with Crippen LogP contribution in [0.1, 0.15) is 21.3 Å². The first-order chi connectivity index (χ1) is 54.3. The zero-order chi connectivity index (χ0) is 85.4. The molecule has 40 nitrogen and oxygen atoms in total. The Kier molecular flexibility index (Phi) is 54.5. The van der Waals surface area contributed by atoms with Crippen LogP contribution in [0.15, 0.2) is 283 Å². The van der Waals surface area contributed by atoms with Gasteiger partial charge in [0, 0.05) is 56.1 Å². The molecular weight excluding hydrogens is 1760 g/mol. The smallest absolute Gasteiger partial charge is 0.870 e. The van der Waals surface area contributed by atoms with Gasteiger partial charge < -0.3 is 84.1 Å². The number of hydrogen-bond donors (Lipinski definition) is 11. The molecule has 0 radical (unpaired) electrons. The Morgan fingerprint density at radius 2 is 0.664 bits per heavy atom. The molecule has 0 fully saturated rings. The van der Waals surface area contributed by atoms with Gasteiger partial charge in [-0.2, -0.15) is 57.7 Å². The minimum atomic E-state index is -5.23. The van der Waals surface area contributed by atoms with Crippen molar-refractivity contribution in [2.45, 2.75) is 40.9 Å². The molecule has 0 saturated heterocycles. The molecule has 0 aliphatic rings. The summed E-state index contributed by atoms with van der Waals surface area (Å²) in [5.74, 6) is -1.05. The predicted octanol–water partition coefficient (Wildman–Crippen LogP) is 4.35.